The summed E-state index contributed by atoms with van der Waals surface area (Å²) < 4.78 is 11.0. The summed E-state index contributed by atoms with van der Waals surface area (Å²) in [6, 6.07) is 21.9. The van der Waals surface area contributed by atoms with Crippen LogP contribution in [0.5, 0.6) is 11.5 Å². The lowest BCUT2D eigenvalue weighted by Crippen LogP contribution is -2.46. The molecular weight excluding hydrogens is 836 g/mol. The number of carbonyl (C=O) groups excluding carboxylic acids is 6. The Bertz CT molecular complexity index is 2300. The summed E-state index contributed by atoms with van der Waals surface area (Å²) in [6.07, 6.45) is 0.933. The van der Waals surface area contributed by atoms with Crippen LogP contribution in [0.3, 0.4) is 0 Å². The number of benzene rings is 4. The molecule has 0 saturated carbocycles. The summed E-state index contributed by atoms with van der Waals surface area (Å²) in [6.45, 7) is 3.75. The van der Waals surface area contributed by atoms with Crippen LogP contribution in [0.4, 0.5) is 0 Å². The van der Waals surface area contributed by atoms with Crippen LogP contribution in [-0.2, 0) is 35.1 Å². The summed E-state index contributed by atoms with van der Waals surface area (Å²) in [5, 5.41) is 14.8. The highest BCUT2D eigenvalue weighted by molar-refractivity contribution is 6.30. The average Bonchev–Trinajstić information content (AvgIpc) is 3.28. The number of phenols is 1. The molecular formula is C50H59ClN4O9. The molecule has 0 saturated heterocycles. The number of nitrogens with zero attached hydrogens (tertiary/aromatic N) is 1. The molecule has 6 N–H and O–H groups in total. The van der Waals surface area contributed by atoms with Gasteiger partial charge in [0.15, 0.2) is 23.1 Å². The molecule has 2 amide bonds. The predicted molar refractivity (Wildman–Crippen MR) is 246 cm³/mol. The standard InChI is InChI=1S/C50H59ClN4O9/c1-30(46(60)29-63-4)23-44(58)41-26-32-8-18-42(56)39(25-32)40-27-36(15-19-47(40)64-22-21-53)48(45(59)24-31(2)49(61)54-41)55(3)50(62)37(7-5-6-20-52)28-43(57)35-11-9-33(10-12-35)34-13-16-38(51)17-14-34/h8-19,25,27,30-31,37,41,48,56H,5-7,20-24,26,28-29,52-53H2,1-4H3,(H,54,61)/t30-,31-,37-,41+,48+/m1/s1. The van der Waals surface area contributed by atoms with Gasteiger partial charge in [-0.15, -0.1) is 0 Å². The SMILES string of the molecule is COCC(=O)[C@H](C)CC(=O)[C@@H]1Cc2ccc(O)c(c2)-c2cc(ccc2OCCN)[C@H](N(C)C(=O)[C@H](CCCCN)CC(=O)c2ccc(-c3ccc(Cl)cc3)cc2)C(=O)C[C@@H](C)C(=O)N1. The zero-order chi connectivity index (χ0) is 46.5. The summed E-state index contributed by atoms with van der Waals surface area (Å²) >= 11 is 6.07. The van der Waals surface area contributed by atoms with Crippen molar-refractivity contribution in [2.45, 2.75) is 70.9 Å². The summed E-state index contributed by atoms with van der Waals surface area (Å²) in [7, 11) is 2.90. The monoisotopic (exact) mass is 894 g/mol. The van der Waals surface area contributed by atoms with Crippen molar-refractivity contribution < 1.29 is 43.3 Å². The lowest BCUT2D eigenvalue weighted by Gasteiger charge is -2.32. The van der Waals surface area contributed by atoms with Crippen molar-refractivity contribution >= 4 is 46.5 Å². The number of nitrogens with one attached hydrogen (secondary N) is 1. The molecule has 0 aliphatic carbocycles. The van der Waals surface area contributed by atoms with Crippen LogP contribution in [0.1, 0.15) is 79.9 Å². The number of carbonyl (C=O) groups is 6. The Labute approximate surface area is 379 Å². The number of methoxy groups -OCH3 is 1. The number of rotatable bonds is 19. The van der Waals surface area contributed by atoms with Gasteiger partial charge in [0.25, 0.3) is 0 Å². The van der Waals surface area contributed by atoms with E-state index in [2.05, 4.69) is 5.32 Å². The number of fused-ring (bicyclic) bond motifs is 5. The van der Waals surface area contributed by atoms with Gasteiger partial charge in [0.1, 0.15) is 30.8 Å². The van der Waals surface area contributed by atoms with Crippen LogP contribution in [0.15, 0.2) is 84.9 Å². The van der Waals surface area contributed by atoms with Crippen molar-refractivity contribution in [3.63, 3.8) is 0 Å². The van der Waals surface area contributed by atoms with Crippen molar-refractivity contribution in [3.8, 4) is 33.8 Å². The van der Waals surface area contributed by atoms with Crippen LogP contribution < -0.4 is 21.5 Å². The number of nitrogens with two attached hydrogens (primary N) is 2. The van der Waals surface area contributed by atoms with Crippen LogP contribution >= 0.6 is 11.6 Å². The molecule has 340 valence electrons. The minimum absolute atomic E-state index is 0.0268. The van der Waals surface area contributed by atoms with Crippen molar-refractivity contribution in [1.82, 2.24) is 10.2 Å². The third-order valence-corrected chi connectivity index (χ3v) is 12.0. The minimum Gasteiger partial charge on any atom is -0.507 e. The average molecular weight is 895 g/mol. The fourth-order valence-electron chi connectivity index (χ4n) is 8.01. The highest BCUT2D eigenvalue weighted by atomic mass is 35.5. The maximum Gasteiger partial charge on any atom is 0.226 e. The Morgan fingerprint density at radius 1 is 0.875 bits per heavy atom. The van der Waals surface area contributed by atoms with Crippen LogP contribution in [0, 0.1) is 17.8 Å². The van der Waals surface area contributed by atoms with Gasteiger partial charge < -0.3 is 36.3 Å². The molecule has 0 radical (unpaired) electrons. The van der Waals surface area contributed by atoms with E-state index >= 15 is 0 Å². The highest BCUT2D eigenvalue weighted by Gasteiger charge is 2.36. The van der Waals surface area contributed by atoms with E-state index in [0.29, 0.717) is 64.4 Å². The molecule has 1 heterocycles. The fraction of sp³-hybridized carbons (Fsp3) is 0.400. The van der Waals surface area contributed by atoms with Crippen molar-refractivity contribution in [2.24, 2.45) is 29.2 Å². The Morgan fingerprint density at radius 3 is 2.22 bits per heavy atom. The zero-order valence-electron chi connectivity index (χ0n) is 36.9. The molecule has 13 nitrogen and oxygen atoms in total. The molecule has 14 heteroatoms. The first-order valence-corrected chi connectivity index (χ1v) is 22.1. The second-order valence-electron chi connectivity index (χ2n) is 16.6. The Hall–Kier alpha value is -5.73. The second-order valence-corrected chi connectivity index (χ2v) is 17.0. The van der Waals surface area contributed by atoms with Gasteiger partial charge in [-0.1, -0.05) is 80.4 Å². The Kier molecular flexibility index (Phi) is 17.9. The van der Waals surface area contributed by atoms with Crippen LogP contribution in [0.25, 0.3) is 22.3 Å². The molecule has 4 aromatic carbocycles. The molecule has 0 aromatic heterocycles. The number of hydrogen-bond donors (Lipinski definition) is 4. The first kappa shape index (κ1) is 49.3. The Morgan fingerprint density at radius 2 is 1.56 bits per heavy atom. The number of unbranched alkanes of at least 4 members (excludes halogenated alkanes) is 1. The molecule has 64 heavy (non-hydrogen) atoms. The molecule has 0 fully saturated rings. The van der Waals surface area contributed by atoms with Gasteiger partial charge in [-0.3, -0.25) is 28.8 Å². The van der Waals surface area contributed by atoms with E-state index in [1.54, 1.807) is 68.4 Å². The van der Waals surface area contributed by atoms with Crippen molar-refractivity contribution in [2.75, 3.05) is 40.5 Å². The van der Waals surface area contributed by atoms with E-state index in [9.17, 15) is 33.9 Å². The van der Waals surface area contributed by atoms with Gasteiger partial charge in [0, 0.05) is 79.4 Å². The first-order chi connectivity index (χ1) is 30.6. The lowest BCUT2D eigenvalue weighted by atomic mass is 9.87. The van der Waals surface area contributed by atoms with E-state index in [1.807, 2.05) is 24.3 Å². The molecule has 1 aliphatic rings. The lowest BCUT2D eigenvalue weighted by molar-refractivity contribution is -0.142. The minimum atomic E-state index is -1.24. The van der Waals surface area contributed by atoms with E-state index in [-0.39, 0.29) is 62.8 Å². The van der Waals surface area contributed by atoms with E-state index in [0.717, 1.165) is 11.1 Å². The van der Waals surface area contributed by atoms with E-state index in [4.69, 9.17) is 32.5 Å². The topological polar surface area (TPSA) is 208 Å². The molecule has 5 rings (SSSR count). The molecule has 0 spiro atoms. The van der Waals surface area contributed by atoms with Gasteiger partial charge in [0.2, 0.25) is 11.8 Å². The van der Waals surface area contributed by atoms with E-state index in [1.165, 1.54) is 25.1 Å². The first-order valence-electron chi connectivity index (χ1n) is 21.7. The second kappa shape index (κ2) is 23.3. The number of phenolic OH excluding ortho intramolecular Hbond substituents is 1. The molecule has 4 aromatic rings. The van der Waals surface area contributed by atoms with Crippen molar-refractivity contribution in [1.29, 1.82) is 0 Å². The summed E-state index contributed by atoms with van der Waals surface area (Å²) in [5.41, 5.74) is 15.6. The highest BCUT2D eigenvalue weighted by Crippen LogP contribution is 2.40. The summed E-state index contributed by atoms with van der Waals surface area (Å²) in [5.74, 6) is -4.61. The van der Waals surface area contributed by atoms with Gasteiger partial charge in [-0.2, -0.15) is 0 Å². The zero-order valence-corrected chi connectivity index (χ0v) is 37.7. The number of amides is 2. The maximum atomic E-state index is 14.8. The van der Waals surface area contributed by atoms with Gasteiger partial charge >= 0.3 is 0 Å². The predicted octanol–water partition coefficient (Wildman–Crippen LogP) is 6.68. The maximum absolute atomic E-state index is 14.8. The number of halogens is 1. The number of Topliss-reactive ketones (excluding diaryl/α,β-unsaturated/α-hetero) is 4. The number of ether oxygens (including phenoxy) is 2. The summed E-state index contributed by atoms with van der Waals surface area (Å²) in [4.78, 5) is 85.1. The van der Waals surface area contributed by atoms with Gasteiger partial charge in [-0.05, 0) is 84.5 Å². The number of hydrogen-bond acceptors (Lipinski definition) is 11. The smallest absolute Gasteiger partial charge is 0.226 e. The van der Waals surface area contributed by atoms with E-state index < -0.39 is 53.2 Å². The Balaban J connectivity index is 1.53. The van der Waals surface area contributed by atoms with Gasteiger partial charge in [-0.25, -0.2) is 0 Å². The molecule has 4 bridgehead atoms. The number of aromatic hydroxyl groups is 1. The third-order valence-electron chi connectivity index (χ3n) is 11.7. The van der Waals surface area contributed by atoms with Crippen LogP contribution in [-0.4, -0.2) is 91.5 Å². The third kappa shape index (κ3) is 12.7. The molecule has 0 unspecified atom stereocenters. The largest absolute Gasteiger partial charge is 0.507 e. The quantitative estimate of drug-likeness (QED) is 0.0577. The molecule has 1 aliphatic heterocycles. The van der Waals surface area contributed by atoms with Crippen LogP contribution in [0.2, 0.25) is 5.02 Å². The normalized spacial score (nSPS) is 17.4. The van der Waals surface area contributed by atoms with Crippen molar-refractivity contribution in [3.05, 3.63) is 107 Å². The molecule has 5 atom stereocenters. The number of likely N-dealkylation sites (N-methyl/N-ethyl adjacent to an activating group) is 1. The number of ketones is 4. The van der Waals surface area contributed by atoms with Gasteiger partial charge in [0.05, 0.1) is 6.04 Å². The fourth-order valence-corrected chi connectivity index (χ4v) is 8.14.